The summed E-state index contributed by atoms with van der Waals surface area (Å²) in [6.07, 6.45) is 33.2. The number of phosphoric acid groups is 1. The van der Waals surface area contributed by atoms with E-state index in [-0.39, 0.29) is 26.1 Å². The summed E-state index contributed by atoms with van der Waals surface area (Å²) in [7, 11) is 1.14. The van der Waals surface area contributed by atoms with Crippen molar-refractivity contribution < 1.29 is 42.1 Å². The highest BCUT2D eigenvalue weighted by atomic mass is 31.2. The third kappa shape index (κ3) is 35.8. The molecule has 0 saturated carbocycles. The van der Waals surface area contributed by atoms with E-state index in [0.29, 0.717) is 17.4 Å². The standard InChI is InChI=1S/C39H72NO8P/c1-6-8-10-12-14-16-18-20-22-24-26-28-30-32-39(42)48-37(36-47-49(43,44)46-34-33-40(3,4)5)35-45-38(41)31-29-27-25-23-21-19-17-15-13-11-9-7-2/h8,10,14,16,20,22,37H,6-7,9,11-13,15,17-19,21,23-36H2,1-5H3/b10-8-,16-14-,22-20-. The molecule has 0 aliphatic heterocycles. The van der Waals surface area contributed by atoms with E-state index >= 15 is 0 Å². The largest absolute Gasteiger partial charge is 0.756 e. The molecule has 2 unspecified atom stereocenters. The molecule has 0 aromatic rings. The van der Waals surface area contributed by atoms with Crippen molar-refractivity contribution in [3.63, 3.8) is 0 Å². The Morgan fingerprint density at radius 2 is 1.16 bits per heavy atom. The average Bonchev–Trinajstić information content (AvgIpc) is 3.04. The maximum atomic E-state index is 12.6. The summed E-state index contributed by atoms with van der Waals surface area (Å²) in [5.41, 5.74) is 0. The van der Waals surface area contributed by atoms with Gasteiger partial charge in [-0.3, -0.25) is 14.2 Å². The fourth-order valence-corrected chi connectivity index (χ4v) is 5.63. The van der Waals surface area contributed by atoms with Crippen molar-refractivity contribution in [2.45, 2.75) is 155 Å². The van der Waals surface area contributed by atoms with Crippen LogP contribution in [0.15, 0.2) is 36.5 Å². The molecule has 0 radical (unpaired) electrons. The van der Waals surface area contributed by atoms with Gasteiger partial charge in [0, 0.05) is 12.8 Å². The minimum absolute atomic E-state index is 0.0364. The molecule has 0 aromatic heterocycles. The highest BCUT2D eigenvalue weighted by molar-refractivity contribution is 7.45. The van der Waals surface area contributed by atoms with E-state index in [1.165, 1.54) is 57.8 Å². The van der Waals surface area contributed by atoms with E-state index < -0.39 is 32.5 Å². The van der Waals surface area contributed by atoms with E-state index in [1.54, 1.807) is 0 Å². The van der Waals surface area contributed by atoms with Crippen molar-refractivity contribution in [1.29, 1.82) is 0 Å². The lowest BCUT2D eigenvalue weighted by Gasteiger charge is -2.28. The Bertz CT molecular complexity index is 944. The van der Waals surface area contributed by atoms with E-state index in [0.717, 1.165) is 57.8 Å². The zero-order valence-corrected chi connectivity index (χ0v) is 32.8. The number of allylic oxidation sites excluding steroid dienone is 6. The molecule has 0 fully saturated rings. The Morgan fingerprint density at radius 1 is 0.653 bits per heavy atom. The maximum absolute atomic E-state index is 12.6. The van der Waals surface area contributed by atoms with Gasteiger partial charge < -0.3 is 27.9 Å². The fourth-order valence-electron chi connectivity index (χ4n) is 4.90. The van der Waals surface area contributed by atoms with Gasteiger partial charge in [0.2, 0.25) is 0 Å². The molecule has 0 aliphatic carbocycles. The number of hydrogen-bond acceptors (Lipinski definition) is 8. The van der Waals surface area contributed by atoms with E-state index in [9.17, 15) is 19.0 Å². The van der Waals surface area contributed by atoms with Crippen LogP contribution in [0.25, 0.3) is 0 Å². The van der Waals surface area contributed by atoms with Crippen molar-refractivity contribution >= 4 is 19.8 Å². The smallest absolute Gasteiger partial charge is 0.306 e. The van der Waals surface area contributed by atoms with Crippen LogP contribution in [-0.4, -0.2) is 70.0 Å². The number of likely N-dealkylation sites (N-methyl/N-ethyl adjacent to an activating group) is 1. The third-order valence-electron chi connectivity index (χ3n) is 7.92. The number of carbonyl (C=O) groups is 2. The predicted molar refractivity (Wildman–Crippen MR) is 199 cm³/mol. The van der Waals surface area contributed by atoms with Crippen LogP contribution >= 0.6 is 7.82 Å². The minimum atomic E-state index is -4.62. The van der Waals surface area contributed by atoms with Crippen molar-refractivity contribution in [2.24, 2.45) is 0 Å². The number of ether oxygens (including phenoxy) is 2. The SMILES string of the molecule is CC/C=C\C/C=C\C/C=C\CCCCCC(=O)OC(COC(=O)CCCCCCCCCCCCCC)COP(=O)([O-])OCC[N+](C)(C)C. The van der Waals surface area contributed by atoms with Gasteiger partial charge in [0.05, 0.1) is 27.7 Å². The number of carbonyl (C=O) groups excluding carboxylic acids is 2. The Morgan fingerprint density at radius 3 is 1.73 bits per heavy atom. The Kier molecular flexibility index (Phi) is 31.0. The lowest BCUT2D eigenvalue weighted by molar-refractivity contribution is -0.870. The first-order valence-corrected chi connectivity index (χ1v) is 20.7. The monoisotopic (exact) mass is 713 g/mol. The summed E-state index contributed by atoms with van der Waals surface area (Å²) in [5, 5.41) is 0. The van der Waals surface area contributed by atoms with Crippen molar-refractivity contribution in [1.82, 2.24) is 0 Å². The molecule has 2 atom stereocenters. The number of hydrogen-bond donors (Lipinski definition) is 0. The van der Waals surface area contributed by atoms with E-state index in [1.807, 2.05) is 21.1 Å². The van der Waals surface area contributed by atoms with Gasteiger partial charge in [-0.1, -0.05) is 127 Å². The molecule has 286 valence electrons. The molecular formula is C39H72NO8P. The first-order chi connectivity index (χ1) is 23.5. The van der Waals surface area contributed by atoms with Crippen molar-refractivity contribution in [3.8, 4) is 0 Å². The molecule has 0 aliphatic rings. The molecule has 0 N–H and O–H groups in total. The molecule has 0 spiro atoms. The van der Waals surface area contributed by atoms with Gasteiger partial charge in [-0.2, -0.15) is 0 Å². The first kappa shape index (κ1) is 47.2. The van der Waals surface area contributed by atoms with Gasteiger partial charge in [-0.05, 0) is 44.9 Å². The number of unbranched alkanes of at least 4 members (excludes halogenated alkanes) is 14. The topological polar surface area (TPSA) is 111 Å². The van der Waals surface area contributed by atoms with Crippen molar-refractivity contribution in [2.75, 3.05) is 47.5 Å². The van der Waals surface area contributed by atoms with Crippen LogP contribution in [0.1, 0.15) is 149 Å². The molecule has 0 rings (SSSR count). The summed E-state index contributed by atoms with van der Waals surface area (Å²) in [6.45, 7) is 4.05. The minimum Gasteiger partial charge on any atom is -0.756 e. The summed E-state index contributed by atoms with van der Waals surface area (Å²) >= 11 is 0. The molecular weight excluding hydrogens is 641 g/mol. The van der Waals surface area contributed by atoms with Crippen molar-refractivity contribution in [3.05, 3.63) is 36.5 Å². The fraction of sp³-hybridized carbons (Fsp3) is 0.795. The quantitative estimate of drug-likeness (QED) is 0.0213. The number of phosphoric ester groups is 1. The molecule has 49 heavy (non-hydrogen) atoms. The highest BCUT2D eigenvalue weighted by Gasteiger charge is 2.21. The summed E-state index contributed by atoms with van der Waals surface area (Å²) < 4.78 is 33.7. The molecule has 0 saturated heterocycles. The molecule has 0 aromatic carbocycles. The number of quaternary nitrogens is 1. The van der Waals surface area contributed by atoms with Crippen LogP contribution < -0.4 is 4.89 Å². The van der Waals surface area contributed by atoms with Crippen LogP contribution in [0.5, 0.6) is 0 Å². The van der Waals surface area contributed by atoms with Crippen LogP contribution in [0.2, 0.25) is 0 Å². The highest BCUT2D eigenvalue weighted by Crippen LogP contribution is 2.38. The van der Waals surface area contributed by atoms with Gasteiger partial charge in [0.1, 0.15) is 19.8 Å². The average molecular weight is 714 g/mol. The Labute approximate surface area is 300 Å². The third-order valence-corrected chi connectivity index (χ3v) is 8.89. The second-order valence-electron chi connectivity index (χ2n) is 13.9. The maximum Gasteiger partial charge on any atom is 0.306 e. The lowest BCUT2D eigenvalue weighted by Crippen LogP contribution is -2.37. The zero-order valence-electron chi connectivity index (χ0n) is 31.9. The Balaban J connectivity index is 4.49. The van der Waals surface area contributed by atoms with Gasteiger partial charge in [-0.25, -0.2) is 0 Å². The molecule has 10 heteroatoms. The molecule has 9 nitrogen and oxygen atoms in total. The normalized spacial score (nSPS) is 14.2. The molecule has 0 bridgehead atoms. The van der Waals surface area contributed by atoms with Gasteiger partial charge in [0.25, 0.3) is 7.82 Å². The number of nitrogens with zero attached hydrogens (tertiary/aromatic N) is 1. The zero-order chi connectivity index (χ0) is 36.5. The van der Waals surface area contributed by atoms with Gasteiger partial charge >= 0.3 is 11.9 Å². The Hall–Kier alpha value is -1.77. The first-order valence-electron chi connectivity index (χ1n) is 19.2. The second kappa shape index (κ2) is 32.2. The van der Waals surface area contributed by atoms with Gasteiger partial charge in [0.15, 0.2) is 6.10 Å². The number of rotatable bonds is 34. The van der Waals surface area contributed by atoms with Gasteiger partial charge in [-0.15, -0.1) is 0 Å². The summed E-state index contributed by atoms with van der Waals surface area (Å²) in [5.74, 6) is -0.871. The second-order valence-corrected chi connectivity index (χ2v) is 15.3. The molecule has 0 amide bonds. The lowest BCUT2D eigenvalue weighted by atomic mass is 10.0. The van der Waals surface area contributed by atoms with Crippen LogP contribution in [0.3, 0.4) is 0 Å². The van der Waals surface area contributed by atoms with Crippen LogP contribution in [-0.2, 0) is 32.7 Å². The van der Waals surface area contributed by atoms with Crippen LogP contribution in [0.4, 0.5) is 0 Å². The predicted octanol–water partition coefficient (Wildman–Crippen LogP) is 9.55. The molecule has 0 heterocycles. The van der Waals surface area contributed by atoms with E-state index in [2.05, 4.69) is 50.3 Å². The summed E-state index contributed by atoms with van der Waals surface area (Å²) in [6, 6.07) is 0. The van der Waals surface area contributed by atoms with E-state index in [4.69, 9.17) is 18.5 Å². The summed E-state index contributed by atoms with van der Waals surface area (Å²) in [4.78, 5) is 37.3. The van der Waals surface area contributed by atoms with Crippen LogP contribution in [0, 0.1) is 0 Å². The number of esters is 2.